The monoisotopic (exact) mass is 332 g/mol. The molecule has 0 fully saturated rings. The fourth-order valence-electron chi connectivity index (χ4n) is 2.57. The van der Waals surface area contributed by atoms with E-state index >= 15 is 0 Å². The van der Waals surface area contributed by atoms with E-state index < -0.39 is 17.9 Å². The van der Waals surface area contributed by atoms with Gasteiger partial charge >= 0.3 is 5.97 Å². The van der Waals surface area contributed by atoms with Crippen molar-refractivity contribution < 1.29 is 14.7 Å². The molecule has 24 heavy (non-hydrogen) atoms. The highest BCUT2D eigenvalue weighted by molar-refractivity contribution is 5.96. The minimum Gasteiger partial charge on any atom is -0.480 e. The van der Waals surface area contributed by atoms with Gasteiger partial charge in [-0.25, -0.2) is 9.78 Å². The summed E-state index contributed by atoms with van der Waals surface area (Å²) >= 11 is 0. The third-order valence-corrected chi connectivity index (χ3v) is 3.76. The molecule has 2 aromatic rings. The van der Waals surface area contributed by atoms with Crippen LogP contribution in [0.2, 0.25) is 0 Å². The predicted octanol–water partition coefficient (Wildman–Crippen LogP) is 1.77. The largest absolute Gasteiger partial charge is 0.480 e. The number of aromatic nitrogens is 2. The molecule has 0 aromatic carbocycles. The number of hydrogen-bond donors (Lipinski definition) is 2. The summed E-state index contributed by atoms with van der Waals surface area (Å²) in [4.78, 5) is 30.3. The van der Waals surface area contributed by atoms with Crippen molar-refractivity contribution in [3.63, 3.8) is 0 Å². The number of fused-ring (bicyclic) bond motifs is 1. The van der Waals surface area contributed by atoms with Gasteiger partial charge in [-0.3, -0.25) is 4.79 Å². The van der Waals surface area contributed by atoms with Crippen molar-refractivity contribution in [2.75, 3.05) is 14.1 Å². The molecule has 0 saturated carbocycles. The summed E-state index contributed by atoms with van der Waals surface area (Å²) in [7, 11) is 3.82. The number of carboxylic acids is 1. The number of imidazole rings is 1. The Bertz CT molecular complexity index is 724. The molecule has 0 aliphatic carbocycles. The fraction of sp³-hybridized carbons (Fsp3) is 0.471. The Morgan fingerprint density at radius 1 is 1.38 bits per heavy atom. The van der Waals surface area contributed by atoms with Crippen LogP contribution in [0.25, 0.3) is 5.65 Å². The fourth-order valence-corrected chi connectivity index (χ4v) is 2.57. The van der Waals surface area contributed by atoms with Gasteiger partial charge in [0.05, 0.1) is 5.69 Å². The van der Waals surface area contributed by atoms with Crippen molar-refractivity contribution in [1.82, 2.24) is 19.6 Å². The normalized spacial score (nSPS) is 12.5. The van der Waals surface area contributed by atoms with Crippen molar-refractivity contribution in [2.24, 2.45) is 0 Å². The van der Waals surface area contributed by atoms with Crippen molar-refractivity contribution in [3.05, 3.63) is 35.8 Å². The van der Waals surface area contributed by atoms with Crippen LogP contribution in [0.4, 0.5) is 0 Å². The number of carbonyl (C=O) groups is 2. The van der Waals surface area contributed by atoms with Crippen LogP contribution in [0.1, 0.15) is 42.4 Å². The molecule has 2 heterocycles. The van der Waals surface area contributed by atoms with Crippen LogP contribution in [0.3, 0.4) is 0 Å². The number of nitrogens with one attached hydrogen (secondary N) is 1. The highest BCUT2D eigenvalue weighted by atomic mass is 16.4. The number of aliphatic carboxylic acids is 1. The molecule has 0 saturated heterocycles. The van der Waals surface area contributed by atoms with Gasteiger partial charge in [-0.1, -0.05) is 25.8 Å². The van der Waals surface area contributed by atoms with E-state index in [1.165, 1.54) is 0 Å². The molecule has 0 radical (unpaired) electrons. The van der Waals surface area contributed by atoms with Gasteiger partial charge in [0, 0.05) is 12.7 Å². The second kappa shape index (κ2) is 7.92. The van der Waals surface area contributed by atoms with E-state index in [4.69, 9.17) is 0 Å². The van der Waals surface area contributed by atoms with Crippen LogP contribution in [0.15, 0.2) is 24.4 Å². The first-order valence-electron chi connectivity index (χ1n) is 8.08. The van der Waals surface area contributed by atoms with Crippen LogP contribution < -0.4 is 5.32 Å². The van der Waals surface area contributed by atoms with Gasteiger partial charge in [0.2, 0.25) is 0 Å². The van der Waals surface area contributed by atoms with E-state index in [9.17, 15) is 14.7 Å². The molecule has 7 nitrogen and oxygen atoms in total. The van der Waals surface area contributed by atoms with Gasteiger partial charge in [0.1, 0.15) is 11.7 Å². The summed E-state index contributed by atoms with van der Waals surface area (Å²) < 4.78 is 1.86. The number of nitrogens with zero attached hydrogens (tertiary/aromatic N) is 3. The Hall–Kier alpha value is -2.41. The Labute approximate surface area is 141 Å². The summed E-state index contributed by atoms with van der Waals surface area (Å²) in [5, 5.41) is 11.9. The lowest BCUT2D eigenvalue weighted by Gasteiger charge is -2.15. The maximum absolute atomic E-state index is 12.6. The van der Waals surface area contributed by atoms with E-state index in [0.29, 0.717) is 18.6 Å². The van der Waals surface area contributed by atoms with Gasteiger partial charge in [-0.05, 0) is 32.6 Å². The first-order valence-corrected chi connectivity index (χ1v) is 8.08. The molecule has 1 atom stereocenters. The highest BCUT2D eigenvalue weighted by Gasteiger charge is 2.24. The first-order chi connectivity index (χ1) is 11.4. The zero-order valence-electron chi connectivity index (χ0n) is 14.3. The number of hydrogen-bond acceptors (Lipinski definition) is 4. The predicted molar refractivity (Wildman–Crippen MR) is 91.0 cm³/mol. The summed E-state index contributed by atoms with van der Waals surface area (Å²) in [5.74, 6) is -1.46. The van der Waals surface area contributed by atoms with Gasteiger partial charge in [0.25, 0.3) is 5.91 Å². The molecule has 1 amide bonds. The van der Waals surface area contributed by atoms with Gasteiger partial charge in [-0.15, -0.1) is 0 Å². The molecular weight excluding hydrogens is 308 g/mol. The number of carboxylic acid groups (broad SMARTS) is 1. The van der Waals surface area contributed by atoms with Crippen molar-refractivity contribution >= 4 is 17.5 Å². The van der Waals surface area contributed by atoms with E-state index in [1.54, 1.807) is 0 Å². The number of carbonyl (C=O) groups excluding carboxylic acids is 1. The quantitative estimate of drug-likeness (QED) is 0.769. The molecular formula is C17H24N4O3. The van der Waals surface area contributed by atoms with Gasteiger partial charge in [-0.2, -0.15) is 0 Å². The van der Waals surface area contributed by atoms with E-state index in [-0.39, 0.29) is 5.69 Å². The van der Waals surface area contributed by atoms with Crippen LogP contribution >= 0.6 is 0 Å². The second-order valence-electron chi connectivity index (χ2n) is 6.08. The Balaban J connectivity index is 2.32. The molecule has 7 heteroatoms. The number of rotatable bonds is 8. The van der Waals surface area contributed by atoms with Crippen LogP contribution in [0.5, 0.6) is 0 Å². The summed E-state index contributed by atoms with van der Waals surface area (Å²) in [5.41, 5.74) is 1.69. The third kappa shape index (κ3) is 4.11. The molecule has 0 aliphatic rings. The minimum absolute atomic E-state index is 0.276. The lowest BCUT2D eigenvalue weighted by Crippen LogP contribution is -2.41. The standard InChI is InChI=1S/C17H24N4O3/c1-4-5-8-12(17(23)24)18-16(22)15-13(11-20(2)3)21-10-7-6-9-14(21)19-15/h6-7,9-10,12H,4-5,8,11H2,1-3H3,(H,18,22)(H,23,24). The van der Waals surface area contributed by atoms with Crippen molar-refractivity contribution in [2.45, 2.75) is 38.8 Å². The zero-order chi connectivity index (χ0) is 17.7. The molecule has 0 aliphatic heterocycles. The van der Waals surface area contributed by atoms with Gasteiger partial charge in [0.15, 0.2) is 5.69 Å². The lowest BCUT2D eigenvalue weighted by atomic mass is 10.1. The first kappa shape index (κ1) is 17.9. The maximum Gasteiger partial charge on any atom is 0.326 e. The third-order valence-electron chi connectivity index (χ3n) is 3.76. The zero-order valence-corrected chi connectivity index (χ0v) is 14.3. The number of pyridine rings is 1. The molecule has 2 aromatic heterocycles. The molecule has 2 rings (SSSR count). The highest BCUT2D eigenvalue weighted by Crippen LogP contribution is 2.15. The lowest BCUT2D eigenvalue weighted by molar-refractivity contribution is -0.139. The number of unbranched alkanes of at least 4 members (excludes halogenated alkanes) is 1. The van der Waals surface area contributed by atoms with Crippen LogP contribution in [-0.2, 0) is 11.3 Å². The number of amides is 1. The van der Waals surface area contributed by atoms with Crippen molar-refractivity contribution in [1.29, 1.82) is 0 Å². The van der Waals surface area contributed by atoms with Crippen LogP contribution in [0, 0.1) is 0 Å². The van der Waals surface area contributed by atoms with Crippen molar-refractivity contribution in [3.8, 4) is 0 Å². The SMILES string of the molecule is CCCCC(NC(=O)c1nc2ccccn2c1CN(C)C)C(=O)O. The molecule has 130 valence electrons. The topological polar surface area (TPSA) is 86.9 Å². The Kier molecular flexibility index (Phi) is 5.92. The van der Waals surface area contributed by atoms with E-state index in [1.807, 2.05) is 54.7 Å². The Morgan fingerprint density at radius 2 is 2.12 bits per heavy atom. The second-order valence-corrected chi connectivity index (χ2v) is 6.08. The summed E-state index contributed by atoms with van der Waals surface area (Å²) in [6.45, 7) is 2.51. The molecule has 1 unspecified atom stereocenters. The Morgan fingerprint density at radius 3 is 2.75 bits per heavy atom. The average Bonchev–Trinajstić information content (AvgIpc) is 2.89. The minimum atomic E-state index is -1.02. The average molecular weight is 332 g/mol. The van der Waals surface area contributed by atoms with E-state index in [2.05, 4.69) is 10.3 Å². The molecule has 0 bridgehead atoms. The van der Waals surface area contributed by atoms with Gasteiger partial charge < -0.3 is 19.7 Å². The smallest absolute Gasteiger partial charge is 0.326 e. The molecule has 0 spiro atoms. The maximum atomic E-state index is 12.6. The molecule has 2 N–H and O–H groups in total. The summed E-state index contributed by atoms with van der Waals surface area (Å²) in [6, 6.07) is 4.65. The van der Waals surface area contributed by atoms with Crippen LogP contribution in [-0.4, -0.2) is 51.4 Å². The summed E-state index contributed by atoms with van der Waals surface area (Å²) in [6.07, 6.45) is 3.88. The van der Waals surface area contributed by atoms with E-state index in [0.717, 1.165) is 18.5 Å².